The summed E-state index contributed by atoms with van der Waals surface area (Å²) >= 11 is 0. The van der Waals surface area contributed by atoms with Crippen LogP contribution in [-0.2, 0) is 16.1 Å². The first-order chi connectivity index (χ1) is 12.1. The highest BCUT2D eigenvalue weighted by Gasteiger charge is 2.19. The molecule has 0 spiro atoms. The third kappa shape index (κ3) is 3.93. The van der Waals surface area contributed by atoms with Crippen LogP contribution < -0.4 is 10.1 Å². The molecular weight excluding hydrogens is 334 g/mol. The van der Waals surface area contributed by atoms with E-state index in [1.165, 1.54) is 30.1 Å². The standard InChI is InChI=1S/C16H18F2N4O3/c1-24-13-5-4-11(15(17)16(13)18)12-8-22(21-20-12)9-14(23)19-7-10-3-2-6-25-10/h4-5,8,10H,2-3,6-7,9H2,1H3,(H,19,23). The molecule has 1 atom stereocenters. The third-order valence-electron chi connectivity index (χ3n) is 3.94. The second kappa shape index (κ2) is 7.56. The van der Waals surface area contributed by atoms with Gasteiger partial charge in [-0.05, 0) is 25.0 Å². The molecular formula is C16H18F2N4O3. The van der Waals surface area contributed by atoms with Gasteiger partial charge in [0.05, 0.1) is 19.4 Å². The summed E-state index contributed by atoms with van der Waals surface area (Å²) in [5, 5.41) is 10.3. The number of ether oxygens (including phenoxy) is 2. The lowest BCUT2D eigenvalue weighted by Gasteiger charge is -2.10. The van der Waals surface area contributed by atoms with E-state index in [1.807, 2.05) is 0 Å². The van der Waals surface area contributed by atoms with Gasteiger partial charge in [0.15, 0.2) is 11.6 Å². The van der Waals surface area contributed by atoms with E-state index >= 15 is 0 Å². The van der Waals surface area contributed by atoms with E-state index in [1.54, 1.807) is 0 Å². The fraction of sp³-hybridized carbons (Fsp3) is 0.438. The molecule has 0 saturated carbocycles. The van der Waals surface area contributed by atoms with Crippen molar-refractivity contribution < 1.29 is 23.0 Å². The summed E-state index contributed by atoms with van der Waals surface area (Å²) in [6.45, 7) is 1.09. The third-order valence-corrected chi connectivity index (χ3v) is 3.94. The molecule has 1 N–H and O–H groups in total. The Kier molecular flexibility index (Phi) is 5.22. The Balaban J connectivity index is 1.64. The van der Waals surface area contributed by atoms with Crippen LogP contribution >= 0.6 is 0 Å². The van der Waals surface area contributed by atoms with Gasteiger partial charge in [-0.3, -0.25) is 4.79 Å². The quantitative estimate of drug-likeness (QED) is 0.853. The summed E-state index contributed by atoms with van der Waals surface area (Å²) in [5.41, 5.74) is 0.0790. The number of nitrogens with zero attached hydrogens (tertiary/aromatic N) is 3. The van der Waals surface area contributed by atoms with Crippen LogP contribution in [0.1, 0.15) is 12.8 Å². The minimum Gasteiger partial charge on any atom is -0.494 e. The molecule has 1 aliphatic heterocycles. The average molecular weight is 352 g/mol. The van der Waals surface area contributed by atoms with Crippen molar-refractivity contribution in [2.24, 2.45) is 0 Å². The maximum atomic E-state index is 14.1. The summed E-state index contributed by atoms with van der Waals surface area (Å²) in [7, 11) is 1.25. The summed E-state index contributed by atoms with van der Waals surface area (Å²) in [6, 6.07) is 2.66. The van der Waals surface area contributed by atoms with Gasteiger partial charge in [0.2, 0.25) is 11.7 Å². The summed E-state index contributed by atoms with van der Waals surface area (Å²) in [5.74, 6) is -2.62. The normalized spacial score (nSPS) is 16.8. The lowest BCUT2D eigenvalue weighted by Crippen LogP contribution is -2.34. The molecule has 3 rings (SSSR count). The number of aromatic nitrogens is 3. The van der Waals surface area contributed by atoms with E-state index in [2.05, 4.69) is 15.6 Å². The van der Waals surface area contributed by atoms with Crippen molar-refractivity contribution >= 4 is 5.91 Å². The van der Waals surface area contributed by atoms with Crippen LogP contribution in [0.2, 0.25) is 0 Å². The zero-order valence-corrected chi connectivity index (χ0v) is 13.7. The highest BCUT2D eigenvalue weighted by Crippen LogP contribution is 2.28. The second-order valence-electron chi connectivity index (χ2n) is 5.68. The Bertz CT molecular complexity index is 760. The van der Waals surface area contributed by atoms with Gasteiger partial charge in [0.1, 0.15) is 12.2 Å². The molecule has 7 nitrogen and oxygen atoms in total. The molecule has 1 aliphatic rings. The molecule has 25 heavy (non-hydrogen) atoms. The van der Waals surface area contributed by atoms with E-state index in [0.717, 1.165) is 19.4 Å². The number of methoxy groups -OCH3 is 1. The number of rotatable bonds is 6. The fourth-order valence-electron chi connectivity index (χ4n) is 2.62. The van der Waals surface area contributed by atoms with Crippen molar-refractivity contribution in [1.82, 2.24) is 20.3 Å². The average Bonchev–Trinajstić information content (AvgIpc) is 3.27. The van der Waals surface area contributed by atoms with Gasteiger partial charge in [-0.1, -0.05) is 5.21 Å². The van der Waals surface area contributed by atoms with Crippen LogP contribution in [-0.4, -0.2) is 47.3 Å². The number of hydrogen-bond acceptors (Lipinski definition) is 5. The summed E-state index contributed by atoms with van der Waals surface area (Å²) in [4.78, 5) is 11.9. The Morgan fingerprint density at radius 2 is 2.28 bits per heavy atom. The molecule has 0 bridgehead atoms. The first-order valence-electron chi connectivity index (χ1n) is 7.89. The Hall–Kier alpha value is -2.55. The molecule has 9 heteroatoms. The SMILES string of the molecule is COc1ccc(-c2cn(CC(=O)NCC3CCCO3)nn2)c(F)c1F. The summed E-state index contributed by atoms with van der Waals surface area (Å²) in [6.07, 6.45) is 3.36. The molecule has 1 aromatic heterocycles. The lowest BCUT2D eigenvalue weighted by molar-refractivity contribution is -0.122. The van der Waals surface area contributed by atoms with Crippen LogP contribution in [0.25, 0.3) is 11.3 Å². The molecule has 2 heterocycles. The van der Waals surface area contributed by atoms with Crippen LogP contribution in [0.3, 0.4) is 0 Å². The molecule has 134 valence electrons. The van der Waals surface area contributed by atoms with E-state index in [-0.39, 0.29) is 35.6 Å². The Morgan fingerprint density at radius 1 is 1.44 bits per heavy atom. The predicted molar refractivity (Wildman–Crippen MR) is 83.9 cm³/mol. The number of nitrogens with one attached hydrogen (secondary N) is 1. The van der Waals surface area contributed by atoms with Gasteiger partial charge >= 0.3 is 0 Å². The van der Waals surface area contributed by atoms with Crippen LogP contribution in [0, 0.1) is 11.6 Å². The maximum Gasteiger partial charge on any atom is 0.241 e. The van der Waals surface area contributed by atoms with Crippen molar-refractivity contribution in [3.63, 3.8) is 0 Å². The Morgan fingerprint density at radius 3 is 3.00 bits per heavy atom. The number of halogens is 2. The van der Waals surface area contributed by atoms with Gasteiger partial charge in [-0.15, -0.1) is 5.10 Å². The van der Waals surface area contributed by atoms with E-state index in [9.17, 15) is 13.6 Å². The predicted octanol–water partition coefficient (Wildman–Crippen LogP) is 1.53. The number of amides is 1. The molecule has 1 unspecified atom stereocenters. The fourth-order valence-corrected chi connectivity index (χ4v) is 2.62. The van der Waals surface area contributed by atoms with E-state index in [0.29, 0.717) is 6.54 Å². The monoisotopic (exact) mass is 352 g/mol. The first-order valence-corrected chi connectivity index (χ1v) is 7.89. The topological polar surface area (TPSA) is 78.3 Å². The van der Waals surface area contributed by atoms with Gasteiger partial charge in [0.25, 0.3) is 0 Å². The highest BCUT2D eigenvalue weighted by molar-refractivity contribution is 5.75. The largest absolute Gasteiger partial charge is 0.494 e. The van der Waals surface area contributed by atoms with E-state index in [4.69, 9.17) is 9.47 Å². The van der Waals surface area contributed by atoms with Crippen LogP contribution in [0.15, 0.2) is 18.3 Å². The van der Waals surface area contributed by atoms with Gasteiger partial charge in [0, 0.05) is 18.7 Å². The number of carbonyl (C=O) groups excluding carboxylic acids is 1. The Labute approximate surface area is 142 Å². The van der Waals surface area contributed by atoms with Gasteiger partial charge < -0.3 is 14.8 Å². The molecule has 0 aliphatic carbocycles. The molecule has 1 amide bonds. The van der Waals surface area contributed by atoms with Crippen LogP contribution in [0.4, 0.5) is 8.78 Å². The molecule has 2 aromatic rings. The number of carbonyl (C=O) groups is 1. The van der Waals surface area contributed by atoms with Crippen molar-refractivity contribution in [1.29, 1.82) is 0 Å². The molecule has 1 saturated heterocycles. The zero-order chi connectivity index (χ0) is 17.8. The smallest absolute Gasteiger partial charge is 0.241 e. The minimum atomic E-state index is -1.09. The van der Waals surface area contributed by atoms with Crippen molar-refractivity contribution in [3.8, 4) is 17.0 Å². The highest BCUT2D eigenvalue weighted by atomic mass is 19.2. The van der Waals surface area contributed by atoms with Crippen LogP contribution in [0.5, 0.6) is 5.75 Å². The van der Waals surface area contributed by atoms with Gasteiger partial charge in [-0.25, -0.2) is 9.07 Å². The summed E-state index contributed by atoms with van der Waals surface area (Å²) < 4.78 is 39.3. The minimum absolute atomic E-state index is 0.0478. The lowest BCUT2D eigenvalue weighted by atomic mass is 10.1. The van der Waals surface area contributed by atoms with Gasteiger partial charge in [-0.2, -0.15) is 4.39 Å². The maximum absolute atomic E-state index is 14.1. The van der Waals surface area contributed by atoms with Crippen molar-refractivity contribution in [2.75, 3.05) is 20.3 Å². The van der Waals surface area contributed by atoms with Crippen molar-refractivity contribution in [3.05, 3.63) is 30.0 Å². The molecule has 0 radical (unpaired) electrons. The van der Waals surface area contributed by atoms with E-state index < -0.39 is 11.6 Å². The molecule has 1 fully saturated rings. The van der Waals surface area contributed by atoms with Crippen molar-refractivity contribution in [2.45, 2.75) is 25.5 Å². The molecule has 1 aromatic carbocycles. The first kappa shape index (κ1) is 17.3. The number of benzene rings is 1. The number of hydrogen-bond donors (Lipinski definition) is 1. The zero-order valence-electron chi connectivity index (χ0n) is 13.7. The second-order valence-corrected chi connectivity index (χ2v) is 5.68.